The van der Waals surface area contributed by atoms with Crippen molar-refractivity contribution in [3.05, 3.63) is 36.0 Å². The zero-order valence-corrected chi connectivity index (χ0v) is 12.6. The number of rotatable bonds is 5. The van der Waals surface area contributed by atoms with Gasteiger partial charge in [0.15, 0.2) is 0 Å². The fourth-order valence-electron chi connectivity index (χ4n) is 1.93. The van der Waals surface area contributed by atoms with Crippen LogP contribution in [-0.4, -0.2) is 21.9 Å². The Labute approximate surface area is 123 Å². The number of nitrogens with zero attached hydrogens (tertiary/aromatic N) is 2. The van der Waals surface area contributed by atoms with Gasteiger partial charge in [-0.05, 0) is 26.0 Å². The van der Waals surface area contributed by atoms with E-state index in [2.05, 4.69) is 24.3 Å². The van der Waals surface area contributed by atoms with E-state index in [1.165, 1.54) is 0 Å². The molecule has 0 aliphatic carbocycles. The number of benzene rings is 1. The number of thiocarbonyl (C=S) groups is 1. The lowest BCUT2D eigenvalue weighted by atomic mass is 10.1. The minimum atomic E-state index is 0.256. The fourth-order valence-corrected chi connectivity index (χ4v) is 2.11. The summed E-state index contributed by atoms with van der Waals surface area (Å²) in [4.78, 5) is 0.339. The Morgan fingerprint density at radius 3 is 2.75 bits per heavy atom. The summed E-state index contributed by atoms with van der Waals surface area (Å²) in [6, 6.07) is 7.71. The molecule has 0 saturated carbocycles. The number of nitrogens with one attached hydrogen (secondary N) is 1. The standard InChI is InChI=1S/C14H18N4OS/c1-9(2)18-13(6-7-16-18)17-12-8-10(19-3)4-5-11(12)14(15)20/h4-9,17H,1-3H3,(H2,15,20). The van der Waals surface area contributed by atoms with Crippen LogP contribution in [-0.2, 0) is 0 Å². The van der Waals surface area contributed by atoms with Crippen molar-refractivity contribution in [2.45, 2.75) is 19.9 Å². The number of hydrogen-bond donors (Lipinski definition) is 2. The molecule has 2 rings (SSSR count). The van der Waals surface area contributed by atoms with E-state index in [1.54, 1.807) is 13.3 Å². The quantitative estimate of drug-likeness (QED) is 0.829. The van der Waals surface area contributed by atoms with Crippen molar-refractivity contribution in [1.29, 1.82) is 0 Å². The molecule has 1 aromatic heterocycles. The third-order valence-corrected chi connectivity index (χ3v) is 3.13. The smallest absolute Gasteiger partial charge is 0.128 e. The third-order valence-electron chi connectivity index (χ3n) is 2.91. The molecule has 0 bridgehead atoms. The summed E-state index contributed by atoms with van der Waals surface area (Å²) in [5.41, 5.74) is 7.34. The largest absolute Gasteiger partial charge is 0.497 e. The van der Waals surface area contributed by atoms with Gasteiger partial charge in [0.25, 0.3) is 0 Å². The molecule has 0 aliphatic heterocycles. The van der Waals surface area contributed by atoms with Gasteiger partial charge in [-0.2, -0.15) is 5.10 Å². The van der Waals surface area contributed by atoms with Crippen LogP contribution in [0.4, 0.5) is 11.5 Å². The first-order chi connectivity index (χ1) is 9.52. The summed E-state index contributed by atoms with van der Waals surface area (Å²) in [5.74, 6) is 1.62. The zero-order valence-electron chi connectivity index (χ0n) is 11.8. The molecule has 0 amide bonds. The lowest BCUT2D eigenvalue weighted by molar-refractivity contribution is 0.415. The van der Waals surface area contributed by atoms with Crippen molar-refractivity contribution < 1.29 is 4.74 Å². The Bertz CT molecular complexity index is 621. The van der Waals surface area contributed by atoms with E-state index >= 15 is 0 Å². The lowest BCUT2D eigenvalue weighted by Gasteiger charge is -2.15. The third kappa shape index (κ3) is 2.91. The summed E-state index contributed by atoms with van der Waals surface area (Å²) >= 11 is 5.08. The first-order valence-corrected chi connectivity index (χ1v) is 6.72. The highest BCUT2D eigenvalue weighted by atomic mass is 32.1. The summed E-state index contributed by atoms with van der Waals surface area (Å²) < 4.78 is 7.13. The second kappa shape index (κ2) is 5.92. The Morgan fingerprint density at radius 1 is 1.40 bits per heavy atom. The monoisotopic (exact) mass is 290 g/mol. The van der Waals surface area contributed by atoms with Gasteiger partial charge in [-0.3, -0.25) is 0 Å². The number of anilines is 2. The molecule has 1 heterocycles. The van der Waals surface area contributed by atoms with Gasteiger partial charge in [-0.25, -0.2) is 4.68 Å². The van der Waals surface area contributed by atoms with E-state index < -0.39 is 0 Å². The molecule has 1 aromatic carbocycles. The minimum absolute atomic E-state index is 0.256. The molecule has 106 valence electrons. The maximum atomic E-state index is 5.76. The number of methoxy groups -OCH3 is 1. The fraction of sp³-hybridized carbons (Fsp3) is 0.286. The van der Waals surface area contributed by atoms with Crippen molar-refractivity contribution in [2.24, 2.45) is 5.73 Å². The van der Waals surface area contributed by atoms with Crippen molar-refractivity contribution in [3.8, 4) is 5.75 Å². The van der Waals surface area contributed by atoms with Gasteiger partial charge in [0.2, 0.25) is 0 Å². The number of aromatic nitrogens is 2. The van der Waals surface area contributed by atoms with Crippen LogP contribution >= 0.6 is 12.2 Å². The molecule has 0 atom stereocenters. The van der Waals surface area contributed by atoms with Gasteiger partial charge in [0, 0.05) is 23.7 Å². The molecule has 6 heteroatoms. The molecule has 0 saturated heterocycles. The molecule has 20 heavy (non-hydrogen) atoms. The van der Waals surface area contributed by atoms with E-state index in [9.17, 15) is 0 Å². The highest BCUT2D eigenvalue weighted by Gasteiger charge is 2.11. The van der Waals surface area contributed by atoms with Gasteiger partial charge in [-0.15, -0.1) is 0 Å². The van der Waals surface area contributed by atoms with Gasteiger partial charge >= 0.3 is 0 Å². The van der Waals surface area contributed by atoms with E-state index in [0.717, 1.165) is 22.8 Å². The Hall–Kier alpha value is -2.08. The van der Waals surface area contributed by atoms with Crippen molar-refractivity contribution in [1.82, 2.24) is 9.78 Å². The second-order valence-electron chi connectivity index (χ2n) is 4.66. The van der Waals surface area contributed by atoms with Gasteiger partial charge < -0.3 is 15.8 Å². The van der Waals surface area contributed by atoms with E-state index in [-0.39, 0.29) is 6.04 Å². The van der Waals surface area contributed by atoms with Crippen molar-refractivity contribution in [2.75, 3.05) is 12.4 Å². The summed E-state index contributed by atoms with van der Waals surface area (Å²) in [7, 11) is 1.62. The van der Waals surface area contributed by atoms with E-state index in [0.29, 0.717) is 4.99 Å². The zero-order chi connectivity index (χ0) is 14.7. The molecule has 0 fully saturated rings. The van der Waals surface area contributed by atoms with E-state index in [4.69, 9.17) is 22.7 Å². The van der Waals surface area contributed by atoms with Crippen LogP contribution in [0.3, 0.4) is 0 Å². The number of ether oxygens (including phenoxy) is 1. The predicted molar refractivity (Wildman–Crippen MR) is 84.8 cm³/mol. The molecular weight excluding hydrogens is 272 g/mol. The van der Waals surface area contributed by atoms with Crippen LogP contribution in [0.15, 0.2) is 30.5 Å². The van der Waals surface area contributed by atoms with E-state index in [1.807, 2.05) is 28.9 Å². The molecule has 5 nitrogen and oxygen atoms in total. The normalized spacial score (nSPS) is 10.6. The van der Waals surface area contributed by atoms with Crippen molar-refractivity contribution >= 4 is 28.7 Å². The number of nitrogens with two attached hydrogens (primary N) is 1. The van der Waals surface area contributed by atoms with Gasteiger partial charge in [0.1, 0.15) is 16.6 Å². The average molecular weight is 290 g/mol. The van der Waals surface area contributed by atoms with Gasteiger partial charge in [0.05, 0.1) is 19.0 Å². The average Bonchev–Trinajstić information content (AvgIpc) is 2.86. The molecule has 3 N–H and O–H groups in total. The lowest BCUT2D eigenvalue weighted by Crippen LogP contribution is -2.13. The SMILES string of the molecule is COc1ccc(C(N)=S)c(Nc2ccnn2C(C)C)c1. The van der Waals surface area contributed by atoms with Crippen LogP contribution in [0, 0.1) is 0 Å². The second-order valence-corrected chi connectivity index (χ2v) is 5.10. The first-order valence-electron chi connectivity index (χ1n) is 6.31. The summed E-state index contributed by atoms with van der Waals surface area (Å²) in [6.07, 6.45) is 1.75. The van der Waals surface area contributed by atoms with Crippen LogP contribution < -0.4 is 15.8 Å². The van der Waals surface area contributed by atoms with Crippen molar-refractivity contribution in [3.63, 3.8) is 0 Å². The topological polar surface area (TPSA) is 65.1 Å². The Kier molecular flexibility index (Phi) is 4.24. The predicted octanol–water partition coefficient (Wildman–Crippen LogP) is 2.85. The molecule has 0 unspecified atom stereocenters. The van der Waals surface area contributed by atoms with Gasteiger partial charge in [-0.1, -0.05) is 12.2 Å². The summed E-state index contributed by atoms with van der Waals surface area (Å²) in [5, 5.41) is 7.60. The molecule has 2 aromatic rings. The number of hydrogen-bond acceptors (Lipinski definition) is 4. The molecule has 0 aliphatic rings. The minimum Gasteiger partial charge on any atom is -0.497 e. The molecular formula is C14H18N4OS. The Balaban J connectivity index is 2.41. The Morgan fingerprint density at radius 2 is 2.15 bits per heavy atom. The van der Waals surface area contributed by atoms with Crippen LogP contribution in [0.5, 0.6) is 5.75 Å². The maximum absolute atomic E-state index is 5.76. The molecule has 0 radical (unpaired) electrons. The van der Waals surface area contributed by atoms with Crippen LogP contribution in [0.2, 0.25) is 0 Å². The maximum Gasteiger partial charge on any atom is 0.128 e. The highest BCUT2D eigenvalue weighted by molar-refractivity contribution is 7.80. The molecule has 0 spiro atoms. The van der Waals surface area contributed by atoms with Crippen LogP contribution in [0.1, 0.15) is 25.5 Å². The summed E-state index contributed by atoms with van der Waals surface area (Å²) in [6.45, 7) is 4.14. The highest BCUT2D eigenvalue weighted by Crippen LogP contribution is 2.26. The van der Waals surface area contributed by atoms with Crippen LogP contribution in [0.25, 0.3) is 0 Å². The first kappa shape index (κ1) is 14.3.